The van der Waals surface area contributed by atoms with Gasteiger partial charge in [0.2, 0.25) is 0 Å². The Labute approximate surface area is 183 Å². The second kappa shape index (κ2) is 6.32. The molecule has 31 heavy (non-hydrogen) atoms. The molecule has 0 aliphatic carbocycles. The molecule has 5 aromatic rings. The Kier molecular flexibility index (Phi) is 3.84. The molecule has 0 bridgehead atoms. The monoisotopic (exact) mass is 404 g/mol. The molecule has 0 atom stereocenters. The van der Waals surface area contributed by atoms with Gasteiger partial charge in [0.15, 0.2) is 0 Å². The normalized spacial score (nSPS) is 17.9. The van der Waals surface area contributed by atoms with Crippen molar-refractivity contribution in [3.8, 4) is 11.1 Å². The van der Waals surface area contributed by atoms with Crippen LogP contribution in [0.25, 0.3) is 43.4 Å². The van der Waals surface area contributed by atoms with E-state index in [1.165, 1.54) is 43.4 Å². The minimum atomic E-state index is -0.361. The van der Waals surface area contributed by atoms with Gasteiger partial charge in [-0.2, -0.15) is 0 Å². The fraction of sp³-hybridized carbons (Fsp3) is 0.214. The number of hydrogen-bond donors (Lipinski definition) is 0. The van der Waals surface area contributed by atoms with Gasteiger partial charge in [-0.05, 0) is 82.7 Å². The smallest absolute Gasteiger partial charge is 0.399 e. The maximum Gasteiger partial charge on any atom is 0.494 e. The standard InChI is InChI=1S/C28H25BO2/c1-27(2)28(3,4)31-29(30-27)22-12-6-10-20(16-22)24-17-21-11-5-8-18-14-15-19-9-7-13-23(24)26(19)25(18)21/h5-17H,1-4H3. The second-order valence-electron chi connectivity index (χ2n) is 9.69. The summed E-state index contributed by atoms with van der Waals surface area (Å²) >= 11 is 0. The maximum atomic E-state index is 6.31. The average Bonchev–Trinajstić information content (AvgIpc) is 2.99. The van der Waals surface area contributed by atoms with Gasteiger partial charge in [-0.25, -0.2) is 0 Å². The van der Waals surface area contributed by atoms with Crippen molar-refractivity contribution in [2.24, 2.45) is 0 Å². The molecule has 1 heterocycles. The lowest BCUT2D eigenvalue weighted by Gasteiger charge is -2.32. The first-order valence-corrected chi connectivity index (χ1v) is 11.0. The lowest BCUT2D eigenvalue weighted by atomic mass is 9.77. The van der Waals surface area contributed by atoms with Gasteiger partial charge >= 0.3 is 7.12 Å². The van der Waals surface area contributed by atoms with Gasteiger partial charge in [-0.15, -0.1) is 0 Å². The molecule has 1 fully saturated rings. The summed E-state index contributed by atoms with van der Waals surface area (Å²) in [5, 5.41) is 7.82. The van der Waals surface area contributed by atoms with Crippen molar-refractivity contribution in [2.75, 3.05) is 0 Å². The molecular formula is C28H25BO2. The van der Waals surface area contributed by atoms with Gasteiger partial charge in [0.05, 0.1) is 11.2 Å². The summed E-state index contributed by atoms with van der Waals surface area (Å²) in [4.78, 5) is 0. The van der Waals surface area contributed by atoms with Gasteiger partial charge in [0.1, 0.15) is 0 Å². The quantitative estimate of drug-likeness (QED) is 0.245. The van der Waals surface area contributed by atoms with Crippen LogP contribution in [0.15, 0.2) is 78.9 Å². The SMILES string of the molecule is CC1(C)OB(c2cccc(-c3cc4cccc5ccc6cccc3c6c54)c2)OC1(C)C. The van der Waals surface area contributed by atoms with Crippen LogP contribution in [-0.2, 0) is 9.31 Å². The topological polar surface area (TPSA) is 18.5 Å². The minimum absolute atomic E-state index is 0.349. The van der Waals surface area contributed by atoms with Crippen LogP contribution in [-0.4, -0.2) is 18.3 Å². The zero-order chi connectivity index (χ0) is 21.4. The predicted octanol–water partition coefficient (Wildman–Crippen LogP) is 6.55. The molecule has 0 unspecified atom stereocenters. The largest absolute Gasteiger partial charge is 0.494 e. The summed E-state index contributed by atoms with van der Waals surface area (Å²) in [5.74, 6) is 0. The van der Waals surface area contributed by atoms with E-state index >= 15 is 0 Å². The Morgan fingerprint density at radius 1 is 0.613 bits per heavy atom. The Morgan fingerprint density at radius 3 is 1.97 bits per heavy atom. The van der Waals surface area contributed by atoms with Crippen LogP contribution in [0.2, 0.25) is 0 Å². The molecule has 1 aliphatic heterocycles. The summed E-state index contributed by atoms with van der Waals surface area (Å²) in [6.45, 7) is 8.38. The lowest BCUT2D eigenvalue weighted by molar-refractivity contribution is 0.00578. The summed E-state index contributed by atoms with van der Waals surface area (Å²) in [7, 11) is -0.361. The first kappa shape index (κ1) is 18.9. The molecule has 0 amide bonds. The zero-order valence-corrected chi connectivity index (χ0v) is 18.4. The highest BCUT2D eigenvalue weighted by Crippen LogP contribution is 2.40. The van der Waals surface area contributed by atoms with Crippen LogP contribution >= 0.6 is 0 Å². The molecule has 5 aromatic carbocycles. The fourth-order valence-corrected chi connectivity index (χ4v) is 4.83. The fourth-order valence-electron chi connectivity index (χ4n) is 4.83. The molecule has 0 spiro atoms. The van der Waals surface area contributed by atoms with Crippen LogP contribution in [0.4, 0.5) is 0 Å². The Hall–Kier alpha value is -2.88. The van der Waals surface area contributed by atoms with Crippen LogP contribution in [0.5, 0.6) is 0 Å². The summed E-state index contributed by atoms with van der Waals surface area (Å²) in [5.41, 5.74) is 2.79. The molecular weight excluding hydrogens is 379 g/mol. The van der Waals surface area contributed by atoms with Gasteiger partial charge in [-0.1, -0.05) is 72.8 Å². The van der Waals surface area contributed by atoms with E-state index in [0.29, 0.717) is 0 Å². The molecule has 1 aliphatic rings. The zero-order valence-electron chi connectivity index (χ0n) is 18.4. The number of benzene rings is 5. The summed E-state index contributed by atoms with van der Waals surface area (Å²) in [6, 6.07) is 28.6. The van der Waals surface area contributed by atoms with Crippen molar-refractivity contribution in [1.29, 1.82) is 0 Å². The molecule has 0 radical (unpaired) electrons. The highest BCUT2D eigenvalue weighted by Gasteiger charge is 2.51. The third-order valence-corrected chi connectivity index (χ3v) is 7.23. The van der Waals surface area contributed by atoms with Crippen molar-refractivity contribution >= 4 is 44.9 Å². The van der Waals surface area contributed by atoms with E-state index in [2.05, 4.69) is 107 Å². The van der Waals surface area contributed by atoms with Crippen LogP contribution in [0.3, 0.4) is 0 Å². The highest BCUT2D eigenvalue weighted by atomic mass is 16.7. The third-order valence-electron chi connectivity index (χ3n) is 7.23. The summed E-state index contributed by atoms with van der Waals surface area (Å²) in [6.07, 6.45) is 0. The van der Waals surface area contributed by atoms with Crippen LogP contribution in [0, 0.1) is 0 Å². The predicted molar refractivity (Wildman–Crippen MR) is 131 cm³/mol. The molecule has 1 saturated heterocycles. The van der Waals surface area contributed by atoms with Gasteiger partial charge in [-0.3, -0.25) is 0 Å². The highest BCUT2D eigenvalue weighted by molar-refractivity contribution is 6.62. The first-order chi connectivity index (χ1) is 14.8. The molecule has 0 aromatic heterocycles. The van der Waals surface area contributed by atoms with E-state index < -0.39 is 0 Å². The van der Waals surface area contributed by atoms with Crippen LogP contribution < -0.4 is 5.46 Å². The second-order valence-corrected chi connectivity index (χ2v) is 9.69. The van der Waals surface area contributed by atoms with Crippen LogP contribution in [0.1, 0.15) is 27.7 Å². The molecule has 2 nitrogen and oxygen atoms in total. The molecule has 0 N–H and O–H groups in total. The third kappa shape index (κ3) is 2.73. The maximum absolute atomic E-state index is 6.31. The van der Waals surface area contributed by atoms with Crippen molar-refractivity contribution in [3.05, 3.63) is 78.9 Å². The Balaban J connectivity index is 1.56. The number of rotatable bonds is 2. The van der Waals surface area contributed by atoms with E-state index in [-0.39, 0.29) is 18.3 Å². The van der Waals surface area contributed by atoms with Crippen molar-refractivity contribution in [3.63, 3.8) is 0 Å². The summed E-state index contributed by atoms with van der Waals surface area (Å²) < 4.78 is 12.6. The molecule has 3 heteroatoms. The molecule has 152 valence electrons. The number of hydrogen-bond acceptors (Lipinski definition) is 2. The van der Waals surface area contributed by atoms with E-state index in [4.69, 9.17) is 9.31 Å². The lowest BCUT2D eigenvalue weighted by Crippen LogP contribution is -2.41. The van der Waals surface area contributed by atoms with E-state index in [1.54, 1.807) is 0 Å². The molecule has 0 saturated carbocycles. The molecule has 6 rings (SSSR count). The Bertz CT molecular complexity index is 1430. The van der Waals surface area contributed by atoms with E-state index in [9.17, 15) is 0 Å². The van der Waals surface area contributed by atoms with Gasteiger partial charge in [0.25, 0.3) is 0 Å². The van der Waals surface area contributed by atoms with Gasteiger partial charge < -0.3 is 9.31 Å². The van der Waals surface area contributed by atoms with Crippen molar-refractivity contribution in [1.82, 2.24) is 0 Å². The first-order valence-electron chi connectivity index (χ1n) is 11.0. The average molecular weight is 404 g/mol. The Morgan fingerprint density at radius 2 is 1.23 bits per heavy atom. The van der Waals surface area contributed by atoms with E-state index in [1.807, 2.05) is 0 Å². The van der Waals surface area contributed by atoms with E-state index in [0.717, 1.165) is 5.46 Å². The van der Waals surface area contributed by atoms with Crippen molar-refractivity contribution in [2.45, 2.75) is 38.9 Å². The van der Waals surface area contributed by atoms with Gasteiger partial charge in [0, 0.05) is 0 Å². The minimum Gasteiger partial charge on any atom is -0.399 e. The van der Waals surface area contributed by atoms with Crippen molar-refractivity contribution < 1.29 is 9.31 Å².